The number of hydrogen-bond acceptors (Lipinski definition) is 4. The molecule has 1 amide bonds. The number of rotatable bonds is 5. The normalized spacial score (nSPS) is 16.8. The van der Waals surface area contributed by atoms with Gasteiger partial charge in [0.05, 0.1) is 11.1 Å². The number of halogens is 2. The van der Waals surface area contributed by atoms with Crippen LogP contribution in [0.1, 0.15) is 16.8 Å². The van der Waals surface area contributed by atoms with Crippen molar-refractivity contribution in [1.82, 2.24) is 10.3 Å². The summed E-state index contributed by atoms with van der Waals surface area (Å²) >= 11 is 3.23. The fourth-order valence-electron chi connectivity index (χ4n) is 2.38. The van der Waals surface area contributed by atoms with E-state index in [1.807, 2.05) is 0 Å². The van der Waals surface area contributed by atoms with Crippen molar-refractivity contribution in [3.8, 4) is 11.6 Å². The van der Waals surface area contributed by atoms with Crippen LogP contribution in [0.15, 0.2) is 41.0 Å². The Bertz CT molecular complexity index is 736. The van der Waals surface area contributed by atoms with Gasteiger partial charge in [0.15, 0.2) is 0 Å². The summed E-state index contributed by atoms with van der Waals surface area (Å²) in [6, 6.07) is 7.35. The van der Waals surface area contributed by atoms with E-state index in [0.717, 1.165) is 13.0 Å². The van der Waals surface area contributed by atoms with Crippen LogP contribution in [0.2, 0.25) is 0 Å². The maximum Gasteiger partial charge on any atom is 0.256 e. The van der Waals surface area contributed by atoms with Crippen LogP contribution in [0.4, 0.5) is 4.39 Å². The van der Waals surface area contributed by atoms with E-state index in [-0.39, 0.29) is 17.6 Å². The third-order valence-corrected chi connectivity index (χ3v) is 4.31. The third kappa shape index (κ3) is 4.10. The molecule has 5 nitrogen and oxygen atoms in total. The van der Waals surface area contributed by atoms with Crippen LogP contribution in [0.25, 0.3) is 0 Å². The number of pyridine rings is 1. The van der Waals surface area contributed by atoms with E-state index in [2.05, 4.69) is 26.2 Å². The summed E-state index contributed by atoms with van der Waals surface area (Å²) in [6.45, 7) is 1.95. The monoisotopic (exact) mass is 394 g/mol. The first-order valence-corrected chi connectivity index (χ1v) is 8.36. The van der Waals surface area contributed by atoms with Gasteiger partial charge in [-0.2, -0.15) is 0 Å². The summed E-state index contributed by atoms with van der Waals surface area (Å²) in [6.07, 6.45) is 2.48. The predicted octanol–water partition coefficient (Wildman–Crippen LogP) is 3.54. The van der Waals surface area contributed by atoms with Crippen LogP contribution >= 0.6 is 15.9 Å². The van der Waals surface area contributed by atoms with Crippen molar-refractivity contribution >= 4 is 21.8 Å². The second-order valence-corrected chi connectivity index (χ2v) is 6.33. The van der Waals surface area contributed by atoms with Gasteiger partial charge in [-0.3, -0.25) is 4.79 Å². The Labute approximate surface area is 147 Å². The predicted molar refractivity (Wildman–Crippen MR) is 89.7 cm³/mol. The van der Waals surface area contributed by atoms with Crippen LogP contribution < -0.4 is 10.1 Å². The smallest absolute Gasteiger partial charge is 0.256 e. The van der Waals surface area contributed by atoms with Crippen LogP contribution in [0.3, 0.4) is 0 Å². The zero-order valence-corrected chi connectivity index (χ0v) is 14.4. The Morgan fingerprint density at radius 3 is 3.08 bits per heavy atom. The summed E-state index contributed by atoms with van der Waals surface area (Å²) in [5.74, 6) is 0.245. The summed E-state index contributed by atoms with van der Waals surface area (Å²) in [5.41, 5.74) is 0.327. The molecule has 126 valence electrons. The number of hydrogen-bond donors (Lipinski definition) is 1. The van der Waals surface area contributed by atoms with Crippen LogP contribution in [-0.4, -0.2) is 30.6 Å². The number of carbonyl (C=O) groups excluding carboxylic acids is 1. The molecule has 0 spiro atoms. The number of nitrogens with zero attached hydrogens (tertiary/aromatic N) is 1. The lowest BCUT2D eigenvalue weighted by Crippen LogP contribution is -2.29. The quantitative estimate of drug-likeness (QED) is 0.842. The molecule has 2 heterocycles. The minimum atomic E-state index is -0.382. The molecule has 1 fully saturated rings. The Balaban J connectivity index is 1.73. The molecule has 1 aromatic heterocycles. The molecule has 7 heteroatoms. The van der Waals surface area contributed by atoms with E-state index in [1.54, 1.807) is 12.1 Å². The largest absolute Gasteiger partial charge is 0.437 e. The zero-order chi connectivity index (χ0) is 16.9. The van der Waals surface area contributed by atoms with Crippen LogP contribution in [0.5, 0.6) is 11.6 Å². The Morgan fingerprint density at radius 1 is 1.46 bits per heavy atom. The molecule has 1 N–H and O–H groups in total. The minimum Gasteiger partial charge on any atom is -0.437 e. The maximum atomic E-state index is 13.2. The Hall–Kier alpha value is -1.99. The molecular weight excluding hydrogens is 379 g/mol. The summed E-state index contributed by atoms with van der Waals surface area (Å²) < 4.78 is 24.6. The molecule has 1 atom stereocenters. The molecular formula is C17H16BrFN2O3. The number of benzene rings is 1. The van der Waals surface area contributed by atoms with Gasteiger partial charge in [-0.05, 0) is 52.7 Å². The highest BCUT2D eigenvalue weighted by atomic mass is 79.9. The molecule has 1 aliphatic rings. The first-order valence-electron chi connectivity index (χ1n) is 7.57. The standard InChI is InChI=1S/C17H16BrFN2O3/c18-14-8-12(19)3-4-15(14)24-17-13(2-1-6-20-17)16(22)21-9-11-5-7-23-10-11/h1-4,6,8,11H,5,7,9-10H2,(H,21,22)/t11-/m1/s1. The van der Waals surface area contributed by atoms with Gasteiger partial charge in [0.1, 0.15) is 17.1 Å². The van der Waals surface area contributed by atoms with Gasteiger partial charge >= 0.3 is 0 Å². The van der Waals surface area contributed by atoms with Gasteiger partial charge in [-0.15, -0.1) is 0 Å². The maximum absolute atomic E-state index is 13.2. The second-order valence-electron chi connectivity index (χ2n) is 5.47. The Kier molecular flexibility index (Phi) is 5.42. The van der Waals surface area contributed by atoms with Gasteiger partial charge in [0, 0.05) is 25.3 Å². The first kappa shape index (κ1) is 16.9. The molecule has 2 aromatic rings. The topological polar surface area (TPSA) is 60.5 Å². The molecule has 1 aromatic carbocycles. The van der Waals surface area contributed by atoms with Gasteiger partial charge in [0.25, 0.3) is 5.91 Å². The van der Waals surface area contributed by atoms with E-state index in [0.29, 0.717) is 34.9 Å². The Morgan fingerprint density at radius 2 is 2.33 bits per heavy atom. The lowest BCUT2D eigenvalue weighted by molar-refractivity contribution is 0.0942. The van der Waals surface area contributed by atoms with E-state index in [1.165, 1.54) is 24.4 Å². The van der Waals surface area contributed by atoms with Crippen molar-refractivity contribution < 1.29 is 18.7 Å². The fourth-order valence-corrected chi connectivity index (χ4v) is 2.82. The molecule has 0 bridgehead atoms. The molecule has 0 unspecified atom stereocenters. The van der Waals surface area contributed by atoms with Gasteiger partial charge < -0.3 is 14.8 Å². The minimum absolute atomic E-state index is 0.171. The number of aromatic nitrogens is 1. The molecule has 0 radical (unpaired) electrons. The third-order valence-electron chi connectivity index (χ3n) is 3.69. The summed E-state index contributed by atoms with van der Waals surface area (Å²) in [5, 5.41) is 2.88. The summed E-state index contributed by atoms with van der Waals surface area (Å²) in [4.78, 5) is 16.5. The average Bonchev–Trinajstić information content (AvgIpc) is 3.09. The van der Waals surface area contributed by atoms with Crippen molar-refractivity contribution in [1.29, 1.82) is 0 Å². The average molecular weight is 395 g/mol. The van der Waals surface area contributed by atoms with Crippen LogP contribution in [-0.2, 0) is 4.74 Å². The molecule has 0 saturated carbocycles. The van der Waals surface area contributed by atoms with Crippen molar-refractivity contribution in [3.63, 3.8) is 0 Å². The number of nitrogens with one attached hydrogen (secondary N) is 1. The highest BCUT2D eigenvalue weighted by molar-refractivity contribution is 9.10. The highest BCUT2D eigenvalue weighted by Crippen LogP contribution is 2.30. The van der Waals surface area contributed by atoms with E-state index >= 15 is 0 Å². The number of ether oxygens (including phenoxy) is 2. The van der Waals surface area contributed by atoms with E-state index in [9.17, 15) is 9.18 Å². The van der Waals surface area contributed by atoms with Crippen molar-refractivity contribution in [3.05, 3.63) is 52.4 Å². The lowest BCUT2D eigenvalue weighted by Gasteiger charge is -2.13. The van der Waals surface area contributed by atoms with Crippen LogP contribution in [0, 0.1) is 11.7 Å². The second kappa shape index (κ2) is 7.72. The number of amides is 1. The SMILES string of the molecule is O=C(NC[C@H]1CCOC1)c1cccnc1Oc1ccc(F)cc1Br. The number of carbonyl (C=O) groups is 1. The van der Waals surface area contributed by atoms with Gasteiger partial charge in [0.2, 0.25) is 5.88 Å². The fraction of sp³-hybridized carbons (Fsp3) is 0.294. The van der Waals surface area contributed by atoms with Crippen molar-refractivity contribution in [2.24, 2.45) is 5.92 Å². The van der Waals surface area contributed by atoms with Crippen molar-refractivity contribution in [2.45, 2.75) is 6.42 Å². The lowest BCUT2D eigenvalue weighted by atomic mass is 10.1. The molecule has 3 rings (SSSR count). The van der Waals surface area contributed by atoms with Gasteiger partial charge in [-0.1, -0.05) is 0 Å². The van der Waals surface area contributed by atoms with E-state index in [4.69, 9.17) is 9.47 Å². The molecule has 1 saturated heterocycles. The van der Waals surface area contributed by atoms with Crippen molar-refractivity contribution in [2.75, 3.05) is 19.8 Å². The van der Waals surface area contributed by atoms with E-state index < -0.39 is 0 Å². The molecule has 24 heavy (non-hydrogen) atoms. The van der Waals surface area contributed by atoms with Gasteiger partial charge in [-0.25, -0.2) is 9.37 Å². The summed E-state index contributed by atoms with van der Waals surface area (Å²) in [7, 11) is 0. The zero-order valence-electron chi connectivity index (χ0n) is 12.8. The first-order chi connectivity index (χ1) is 11.6. The molecule has 0 aliphatic carbocycles. The molecule has 1 aliphatic heterocycles. The highest BCUT2D eigenvalue weighted by Gasteiger charge is 2.19.